The standard InChI is InChI=1S/C19H18N2O2S/c1-23-16-10-8-15(9-11-16)17-13-24-19(20-17)21-18(22)12-7-14-5-3-2-4-6-14/h2-12,17H,13H2,1H3,(H,20,21,22)/b12-7+. The average molecular weight is 338 g/mol. The smallest absolute Gasteiger partial charge is 0.249 e. The highest BCUT2D eigenvalue weighted by atomic mass is 32.2. The van der Waals surface area contributed by atoms with Crippen LogP contribution in [0.4, 0.5) is 0 Å². The maximum absolute atomic E-state index is 12.0. The van der Waals surface area contributed by atoms with Crippen molar-refractivity contribution in [1.82, 2.24) is 5.32 Å². The van der Waals surface area contributed by atoms with E-state index in [2.05, 4.69) is 10.3 Å². The Balaban J connectivity index is 1.59. The monoisotopic (exact) mass is 338 g/mol. The third-order valence-corrected chi connectivity index (χ3v) is 4.57. The van der Waals surface area contributed by atoms with Crippen LogP contribution < -0.4 is 10.1 Å². The molecule has 1 atom stereocenters. The third kappa shape index (κ3) is 4.26. The van der Waals surface area contributed by atoms with Crippen molar-refractivity contribution in [3.05, 3.63) is 71.8 Å². The maximum Gasteiger partial charge on any atom is 0.249 e. The van der Waals surface area contributed by atoms with Crippen LogP contribution in [0, 0.1) is 0 Å². The van der Waals surface area contributed by atoms with Crippen molar-refractivity contribution in [3.8, 4) is 5.75 Å². The summed E-state index contributed by atoms with van der Waals surface area (Å²) in [6.45, 7) is 0. The molecule has 24 heavy (non-hydrogen) atoms. The number of ether oxygens (including phenoxy) is 1. The minimum atomic E-state index is -0.166. The van der Waals surface area contributed by atoms with Gasteiger partial charge < -0.3 is 10.1 Å². The lowest BCUT2D eigenvalue weighted by Gasteiger charge is -2.06. The summed E-state index contributed by atoms with van der Waals surface area (Å²) in [4.78, 5) is 16.6. The van der Waals surface area contributed by atoms with E-state index in [4.69, 9.17) is 4.74 Å². The van der Waals surface area contributed by atoms with Crippen molar-refractivity contribution >= 4 is 28.9 Å². The van der Waals surface area contributed by atoms with Crippen LogP contribution in [0.15, 0.2) is 65.7 Å². The first-order valence-electron chi connectivity index (χ1n) is 7.63. The first-order valence-corrected chi connectivity index (χ1v) is 8.62. The Morgan fingerprint density at radius 1 is 1.21 bits per heavy atom. The first kappa shape index (κ1) is 16.3. The zero-order valence-electron chi connectivity index (χ0n) is 13.3. The highest BCUT2D eigenvalue weighted by Gasteiger charge is 2.20. The summed E-state index contributed by atoms with van der Waals surface area (Å²) in [5.41, 5.74) is 2.11. The summed E-state index contributed by atoms with van der Waals surface area (Å²) in [6, 6.07) is 17.7. The lowest BCUT2D eigenvalue weighted by molar-refractivity contribution is -0.115. The SMILES string of the molecule is COc1ccc(C2CSC(NC(=O)/C=C/c3ccccc3)=N2)cc1. The molecule has 122 valence electrons. The predicted molar refractivity (Wildman–Crippen MR) is 99.2 cm³/mol. The molecule has 0 aliphatic carbocycles. The molecule has 0 saturated heterocycles. The Morgan fingerprint density at radius 3 is 2.67 bits per heavy atom. The summed E-state index contributed by atoms with van der Waals surface area (Å²) >= 11 is 1.56. The van der Waals surface area contributed by atoms with E-state index >= 15 is 0 Å². The number of rotatable bonds is 4. The molecule has 1 aliphatic rings. The fourth-order valence-corrected chi connectivity index (χ4v) is 3.28. The van der Waals surface area contributed by atoms with Crippen LogP contribution in [-0.2, 0) is 4.79 Å². The highest BCUT2D eigenvalue weighted by molar-refractivity contribution is 8.14. The van der Waals surface area contributed by atoms with Gasteiger partial charge in [-0.25, -0.2) is 0 Å². The largest absolute Gasteiger partial charge is 0.497 e. The normalized spacial score (nSPS) is 16.9. The molecule has 0 fully saturated rings. The van der Waals surface area contributed by atoms with Crippen molar-refractivity contribution in [3.63, 3.8) is 0 Å². The van der Waals surface area contributed by atoms with Crippen molar-refractivity contribution in [2.24, 2.45) is 4.99 Å². The zero-order chi connectivity index (χ0) is 16.8. The van der Waals surface area contributed by atoms with E-state index in [0.29, 0.717) is 5.17 Å². The van der Waals surface area contributed by atoms with Crippen molar-refractivity contribution < 1.29 is 9.53 Å². The van der Waals surface area contributed by atoms with Crippen LogP contribution in [0.2, 0.25) is 0 Å². The van der Waals surface area contributed by atoms with Crippen LogP contribution in [0.3, 0.4) is 0 Å². The zero-order valence-corrected chi connectivity index (χ0v) is 14.1. The molecule has 1 unspecified atom stereocenters. The number of thioether (sulfide) groups is 1. The molecule has 1 heterocycles. The minimum Gasteiger partial charge on any atom is -0.497 e. The van der Waals surface area contributed by atoms with Gasteiger partial charge in [0.1, 0.15) is 5.75 Å². The van der Waals surface area contributed by atoms with Gasteiger partial charge in [-0.2, -0.15) is 0 Å². The Labute approximate surface area is 145 Å². The number of methoxy groups -OCH3 is 1. The van der Waals surface area contributed by atoms with Gasteiger partial charge in [-0.05, 0) is 29.3 Å². The van der Waals surface area contributed by atoms with Gasteiger partial charge >= 0.3 is 0 Å². The van der Waals surface area contributed by atoms with E-state index in [9.17, 15) is 4.79 Å². The summed E-state index contributed by atoms with van der Waals surface area (Å²) < 4.78 is 5.16. The molecule has 0 aromatic heterocycles. The second-order valence-electron chi connectivity index (χ2n) is 5.27. The van der Waals surface area contributed by atoms with Crippen molar-refractivity contribution in [2.45, 2.75) is 6.04 Å². The van der Waals surface area contributed by atoms with Gasteiger partial charge in [0.15, 0.2) is 5.17 Å². The molecule has 2 aromatic rings. The molecular formula is C19H18N2O2S. The molecule has 4 nitrogen and oxygen atoms in total. The van der Waals surface area contributed by atoms with Crippen LogP contribution in [0.5, 0.6) is 5.75 Å². The molecule has 5 heteroatoms. The van der Waals surface area contributed by atoms with Crippen molar-refractivity contribution in [2.75, 3.05) is 12.9 Å². The topological polar surface area (TPSA) is 50.7 Å². The molecular weight excluding hydrogens is 320 g/mol. The number of carbonyl (C=O) groups is 1. The van der Waals surface area contributed by atoms with Gasteiger partial charge in [0.2, 0.25) is 5.91 Å². The predicted octanol–water partition coefficient (Wildman–Crippen LogP) is 3.67. The Morgan fingerprint density at radius 2 is 1.96 bits per heavy atom. The quantitative estimate of drug-likeness (QED) is 0.866. The molecule has 0 bridgehead atoms. The summed E-state index contributed by atoms with van der Waals surface area (Å²) in [5, 5.41) is 3.50. The number of nitrogens with zero attached hydrogens (tertiary/aromatic N) is 1. The number of hydrogen-bond acceptors (Lipinski definition) is 4. The van der Waals surface area contributed by atoms with Crippen LogP contribution in [0.1, 0.15) is 17.2 Å². The van der Waals surface area contributed by atoms with Crippen LogP contribution in [-0.4, -0.2) is 23.9 Å². The van der Waals surface area contributed by atoms with Gasteiger partial charge in [-0.15, -0.1) is 0 Å². The fraction of sp³-hybridized carbons (Fsp3) is 0.158. The Bertz CT molecular complexity index is 755. The average Bonchev–Trinajstić information content (AvgIpc) is 3.09. The second kappa shape index (κ2) is 7.84. The Hall–Kier alpha value is -2.53. The first-order chi connectivity index (χ1) is 11.7. The fourth-order valence-electron chi connectivity index (χ4n) is 2.32. The Kier molecular flexibility index (Phi) is 5.33. The number of hydrogen-bond donors (Lipinski definition) is 1. The van der Waals surface area contributed by atoms with Gasteiger partial charge in [0, 0.05) is 11.8 Å². The summed E-state index contributed by atoms with van der Waals surface area (Å²) in [6.07, 6.45) is 3.32. The van der Waals surface area contributed by atoms with E-state index in [1.807, 2.05) is 54.6 Å². The molecule has 1 amide bonds. The lowest BCUT2D eigenvalue weighted by Crippen LogP contribution is -2.25. The van der Waals surface area contributed by atoms with Gasteiger partial charge in [-0.3, -0.25) is 9.79 Å². The maximum atomic E-state index is 12.0. The molecule has 2 aromatic carbocycles. The van der Waals surface area contributed by atoms with E-state index < -0.39 is 0 Å². The van der Waals surface area contributed by atoms with E-state index in [-0.39, 0.29) is 11.9 Å². The molecule has 0 spiro atoms. The lowest BCUT2D eigenvalue weighted by atomic mass is 10.1. The number of benzene rings is 2. The molecule has 1 aliphatic heterocycles. The third-order valence-electron chi connectivity index (χ3n) is 3.61. The van der Waals surface area contributed by atoms with Crippen LogP contribution >= 0.6 is 11.8 Å². The molecule has 3 rings (SSSR count). The number of carbonyl (C=O) groups excluding carboxylic acids is 1. The summed E-state index contributed by atoms with van der Waals surface area (Å²) in [5.74, 6) is 1.48. The van der Waals surface area contributed by atoms with Crippen LogP contribution in [0.25, 0.3) is 6.08 Å². The number of amidine groups is 1. The van der Waals surface area contributed by atoms with E-state index in [1.165, 1.54) is 6.08 Å². The second-order valence-corrected chi connectivity index (χ2v) is 6.28. The van der Waals surface area contributed by atoms with Gasteiger partial charge in [0.05, 0.1) is 13.2 Å². The summed E-state index contributed by atoms with van der Waals surface area (Å²) in [7, 11) is 1.65. The molecule has 0 radical (unpaired) electrons. The molecule has 1 N–H and O–H groups in total. The number of aliphatic imine (C=N–C) groups is 1. The van der Waals surface area contributed by atoms with Crippen molar-refractivity contribution in [1.29, 1.82) is 0 Å². The molecule has 0 saturated carbocycles. The highest BCUT2D eigenvalue weighted by Crippen LogP contribution is 2.30. The van der Waals surface area contributed by atoms with Gasteiger partial charge in [-0.1, -0.05) is 54.2 Å². The minimum absolute atomic E-state index is 0.0642. The van der Waals surface area contributed by atoms with E-state index in [0.717, 1.165) is 22.6 Å². The van der Waals surface area contributed by atoms with E-state index in [1.54, 1.807) is 24.9 Å². The number of amides is 1. The van der Waals surface area contributed by atoms with Gasteiger partial charge in [0.25, 0.3) is 0 Å². The number of nitrogens with one attached hydrogen (secondary N) is 1.